The molecule has 2 atom stereocenters. The summed E-state index contributed by atoms with van der Waals surface area (Å²) >= 11 is 0. The van der Waals surface area contributed by atoms with Crippen LogP contribution in [-0.2, 0) is 32.7 Å². The van der Waals surface area contributed by atoms with E-state index in [2.05, 4.69) is 196 Å². The molecule has 0 aromatic rings. The zero-order valence-corrected chi connectivity index (χ0v) is 47.1. The molecule has 0 aromatic heterocycles. The number of rotatable bonds is 49. The first-order chi connectivity index (χ1) is 36.8. The third-order valence-corrected chi connectivity index (χ3v) is 11.5. The van der Waals surface area contributed by atoms with Gasteiger partial charge in [0.1, 0.15) is 6.61 Å². The number of phosphoric acid groups is 1. The lowest BCUT2D eigenvalue weighted by Gasteiger charge is -2.19. The molecule has 0 amide bonds. The summed E-state index contributed by atoms with van der Waals surface area (Å²) in [6, 6.07) is 0. The Morgan fingerprint density at radius 1 is 0.400 bits per heavy atom. The molecule has 0 bridgehead atoms. The second kappa shape index (κ2) is 58.1. The van der Waals surface area contributed by atoms with E-state index in [1.165, 1.54) is 0 Å². The highest BCUT2D eigenvalue weighted by molar-refractivity contribution is 7.47. The van der Waals surface area contributed by atoms with Crippen molar-refractivity contribution in [2.24, 2.45) is 5.73 Å². The monoisotopic (exact) mass is 1050 g/mol. The van der Waals surface area contributed by atoms with Crippen LogP contribution in [0.4, 0.5) is 0 Å². The lowest BCUT2D eigenvalue weighted by molar-refractivity contribution is -0.161. The van der Waals surface area contributed by atoms with Gasteiger partial charge in [0.2, 0.25) is 0 Å². The summed E-state index contributed by atoms with van der Waals surface area (Å²) in [4.78, 5) is 35.0. The van der Waals surface area contributed by atoms with Crippen LogP contribution in [0, 0.1) is 0 Å². The van der Waals surface area contributed by atoms with Gasteiger partial charge in [-0.3, -0.25) is 18.6 Å². The van der Waals surface area contributed by atoms with Crippen LogP contribution in [0.3, 0.4) is 0 Å². The minimum atomic E-state index is -4.42. The van der Waals surface area contributed by atoms with E-state index >= 15 is 0 Å². The van der Waals surface area contributed by atoms with Crippen LogP contribution >= 0.6 is 7.82 Å². The quantitative estimate of drug-likeness (QED) is 0.0264. The van der Waals surface area contributed by atoms with Crippen molar-refractivity contribution in [2.75, 3.05) is 26.4 Å². The molecule has 10 heteroatoms. The smallest absolute Gasteiger partial charge is 0.462 e. The molecule has 2 unspecified atom stereocenters. The van der Waals surface area contributed by atoms with Crippen LogP contribution in [0.1, 0.15) is 168 Å². The Morgan fingerprint density at radius 2 is 0.720 bits per heavy atom. The molecule has 0 heterocycles. The zero-order chi connectivity index (χ0) is 54.5. The van der Waals surface area contributed by atoms with Crippen molar-refractivity contribution in [3.8, 4) is 0 Å². The Balaban J connectivity index is 4.11. The molecule has 0 spiro atoms. The number of ether oxygens (including phenoxy) is 2. The molecule has 9 nitrogen and oxygen atoms in total. The molecule has 75 heavy (non-hydrogen) atoms. The van der Waals surface area contributed by atoms with Gasteiger partial charge < -0.3 is 20.1 Å². The number of hydrogen-bond acceptors (Lipinski definition) is 8. The van der Waals surface area contributed by atoms with Crippen molar-refractivity contribution in [2.45, 2.75) is 174 Å². The van der Waals surface area contributed by atoms with Gasteiger partial charge in [0, 0.05) is 19.4 Å². The number of esters is 2. The maximum absolute atomic E-state index is 12.6. The van der Waals surface area contributed by atoms with Gasteiger partial charge in [-0.2, -0.15) is 0 Å². The molecule has 416 valence electrons. The van der Waals surface area contributed by atoms with Gasteiger partial charge in [0.05, 0.1) is 13.2 Å². The highest BCUT2D eigenvalue weighted by atomic mass is 31.2. The number of carbonyl (C=O) groups is 2. The standard InChI is InChI=1S/C65H98NO8P/c1-3-5-7-9-11-13-15-17-18-19-20-21-22-23-24-25-26-27-28-29-30-31-32-33-34-35-36-37-38-39-40-41-42-43-44-46-48-50-52-54-56-58-65(68)74-63(62-73-75(69,70)72-60-59-66)61-71-64(67)57-55-53-51-49-47-45-16-14-12-10-8-6-4-2/h5-8,11-14,17-18,20-21,23-24,26-27,29-30,32-33,35-36,38-39,41-42,44-47,51,53,63H,3-4,9-10,15-16,19,22,25,28,31,34,37,40,43,48-50,52,54-62,66H2,1-2H3,(H,69,70)/b7-5-,8-6-,13-11-,14-12-,18-17-,21-20-,24-23-,27-26-,30-29-,33-32-,36-35-,39-38-,42-41-,46-44-,47-45-,53-51-. The second-order valence-corrected chi connectivity index (χ2v) is 18.8. The number of allylic oxidation sites excluding steroid dienone is 32. The molecule has 0 aromatic carbocycles. The number of phosphoric ester groups is 1. The molecule has 0 saturated heterocycles. The first-order valence-electron chi connectivity index (χ1n) is 27.9. The summed E-state index contributed by atoms with van der Waals surface area (Å²) in [5, 5.41) is 0. The lowest BCUT2D eigenvalue weighted by atomic mass is 10.1. The molecular formula is C65H98NO8P. The number of carbonyl (C=O) groups excluding carboxylic acids is 2. The Labute approximate surface area is 456 Å². The zero-order valence-electron chi connectivity index (χ0n) is 46.2. The fourth-order valence-corrected chi connectivity index (χ4v) is 7.22. The maximum Gasteiger partial charge on any atom is 0.472 e. The van der Waals surface area contributed by atoms with E-state index in [0.29, 0.717) is 12.8 Å². The van der Waals surface area contributed by atoms with Crippen LogP contribution in [0.15, 0.2) is 194 Å². The summed E-state index contributed by atoms with van der Waals surface area (Å²) < 4.78 is 32.8. The minimum Gasteiger partial charge on any atom is -0.462 e. The fourth-order valence-electron chi connectivity index (χ4n) is 6.45. The summed E-state index contributed by atoms with van der Waals surface area (Å²) in [7, 11) is -4.42. The predicted octanol–water partition coefficient (Wildman–Crippen LogP) is 17.8. The Bertz CT molecular complexity index is 1920. The first-order valence-corrected chi connectivity index (χ1v) is 29.4. The summed E-state index contributed by atoms with van der Waals surface area (Å²) in [6.45, 7) is 3.34. The molecule has 0 radical (unpaired) electrons. The molecule has 0 fully saturated rings. The van der Waals surface area contributed by atoms with Crippen molar-refractivity contribution >= 4 is 19.8 Å². The molecule has 0 aliphatic carbocycles. The van der Waals surface area contributed by atoms with Crippen LogP contribution < -0.4 is 5.73 Å². The normalized spacial score (nSPS) is 14.6. The van der Waals surface area contributed by atoms with E-state index in [-0.39, 0.29) is 32.6 Å². The predicted molar refractivity (Wildman–Crippen MR) is 320 cm³/mol. The third-order valence-electron chi connectivity index (χ3n) is 10.5. The summed E-state index contributed by atoms with van der Waals surface area (Å²) in [5.74, 6) is -0.973. The average Bonchev–Trinajstić information content (AvgIpc) is 3.40. The van der Waals surface area contributed by atoms with E-state index in [9.17, 15) is 19.0 Å². The van der Waals surface area contributed by atoms with Gasteiger partial charge in [-0.05, 0) is 128 Å². The third kappa shape index (κ3) is 58.0. The molecule has 0 saturated carbocycles. The van der Waals surface area contributed by atoms with Crippen LogP contribution in [-0.4, -0.2) is 49.3 Å². The first kappa shape index (κ1) is 69.8. The maximum atomic E-state index is 12.6. The molecule has 0 aliphatic heterocycles. The largest absolute Gasteiger partial charge is 0.472 e. The van der Waals surface area contributed by atoms with Crippen LogP contribution in [0.25, 0.3) is 0 Å². The summed E-state index contributed by atoms with van der Waals surface area (Å²) in [6.07, 6.45) is 89.5. The minimum absolute atomic E-state index is 0.0290. The highest BCUT2D eigenvalue weighted by Crippen LogP contribution is 2.43. The topological polar surface area (TPSA) is 134 Å². The van der Waals surface area contributed by atoms with E-state index in [0.717, 1.165) is 128 Å². The lowest BCUT2D eigenvalue weighted by Crippen LogP contribution is -2.29. The van der Waals surface area contributed by atoms with Crippen molar-refractivity contribution in [3.05, 3.63) is 194 Å². The number of unbranched alkanes of at least 4 members (excludes halogenated alkanes) is 4. The van der Waals surface area contributed by atoms with Crippen LogP contribution in [0.2, 0.25) is 0 Å². The van der Waals surface area contributed by atoms with Gasteiger partial charge in [-0.1, -0.05) is 221 Å². The second-order valence-electron chi connectivity index (χ2n) is 17.3. The molecule has 0 rings (SSSR count). The van der Waals surface area contributed by atoms with Crippen molar-refractivity contribution in [1.82, 2.24) is 0 Å². The van der Waals surface area contributed by atoms with E-state index in [1.807, 2.05) is 12.2 Å². The van der Waals surface area contributed by atoms with E-state index in [1.54, 1.807) is 0 Å². The van der Waals surface area contributed by atoms with Crippen LogP contribution in [0.5, 0.6) is 0 Å². The Morgan fingerprint density at radius 3 is 1.07 bits per heavy atom. The number of hydrogen-bond donors (Lipinski definition) is 2. The molecule has 0 aliphatic rings. The van der Waals surface area contributed by atoms with Gasteiger partial charge in [0.25, 0.3) is 0 Å². The highest BCUT2D eigenvalue weighted by Gasteiger charge is 2.26. The Kier molecular flexibility index (Phi) is 54.1. The SMILES string of the molecule is CC/C=C\C/C=C\C/C=C\C/C=C\C/C=C\C/C=C\C/C=C\C/C=C\C/C=C\C/C=C\C/C=C\C/C=C\CCCCCCC(=O)OC(COC(=O)CC/C=C\C/C=C\C/C=C\C/C=C\CC)COP(=O)(O)OCCN. The molecule has 3 N–H and O–H groups in total. The summed E-state index contributed by atoms with van der Waals surface area (Å²) in [5.41, 5.74) is 5.36. The van der Waals surface area contributed by atoms with Gasteiger partial charge in [-0.15, -0.1) is 0 Å². The van der Waals surface area contributed by atoms with E-state index in [4.69, 9.17) is 24.3 Å². The van der Waals surface area contributed by atoms with Crippen molar-refractivity contribution < 1.29 is 37.6 Å². The van der Waals surface area contributed by atoms with Crippen molar-refractivity contribution in [1.29, 1.82) is 0 Å². The van der Waals surface area contributed by atoms with Crippen molar-refractivity contribution in [3.63, 3.8) is 0 Å². The van der Waals surface area contributed by atoms with E-state index < -0.39 is 32.5 Å². The Hall–Kier alpha value is -5.15. The fraction of sp³-hybridized carbons (Fsp3) is 0.477. The average molecular weight is 1050 g/mol. The number of nitrogens with two attached hydrogens (primary N) is 1. The van der Waals surface area contributed by atoms with Gasteiger partial charge >= 0.3 is 19.8 Å². The van der Waals surface area contributed by atoms with Gasteiger partial charge in [-0.25, -0.2) is 4.57 Å². The van der Waals surface area contributed by atoms with Gasteiger partial charge in [0.15, 0.2) is 6.10 Å². The molecular weight excluding hydrogens is 954 g/mol.